The maximum Gasteiger partial charge on any atom is 0.145 e. The molecule has 172 valence electrons. The van der Waals surface area contributed by atoms with Crippen LogP contribution in [0.2, 0.25) is 5.02 Å². The van der Waals surface area contributed by atoms with E-state index in [0.717, 1.165) is 22.3 Å². The first-order valence-electron chi connectivity index (χ1n) is 11.1. The normalized spacial score (nSPS) is 10.8. The predicted octanol–water partition coefficient (Wildman–Crippen LogP) is 7.00. The number of hydrogen-bond donors (Lipinski definition) is 1. The molecule has 0 saturated carbocycles. The molecule has 0 aliphatic heterocycles. The van der Waals surface area contributed by atoms with E-state index in [9.17, 15) is 5.26 Å². The van der Waals surface area contributed by atoms with Crippen molar-refractivity contribution >= 4 is 33.9 Å². The lowest BCUT2D eigenvalue weighted by atomic mass is 9.98. The molecule has 0 aliphatic carbocycles. The first-order valence-corrected chi connectivity index (χ1v) is 11.5. The SMILES string of the molecule is CCOc1cc(C(C)C)cc2c(Nc3ccc(OCc4ccccn4)c(Cl)c3)c(C#N)cnc12. The zero-order chi connectivity index (χ0) is 24.1. The van der Waals surface area contributed by atoms with E-state index in [1.165, 1.54) is 0 Å². The number of nitriles is 1. The van der Waals surface area contributed by atoms with Crippen molar-refractivity contribution < 1.29 is 9.47 Å². The zero-order valence-electron chi connectivity index (χ0n) is 19.3. The van der Waals surface area contributed by atoms with E-state index in [4.69, 9.17) is 21.1 Å². The molecule has 0 aliphatic rings. The highest BCUT2D eigenvalue weighted by atomic mass is 35.5. The molecule has 0 unspecified atom stereocenters. The van der Waals surface area contributed by atoms with Gasteiger partial charge in [0.2, 0.25) is 0 Å². The monoisotopic (exact) mass is 472 g/mol. The summed E-state index contributed by atoms with van der Waals surface area (Å²) in [5, 5.41) is 14.4. The van der Waals surface area contributed by atoms with Crippen LogP contribution in [0.25, 0.3) is 10.9 Å². The Labute approximate surface area is 204 Å². The third-order valence-corrected chi connectivity index (χ3v) is 5.64. The molecular formula is C27H25ClN4O2. The number of aromatic nitrogens is 2. The second-order valence-corrected chi connectivity index (χ2v) is 8.45. The Morgan fingerprint density at radius 1 is 1.06 bits per heavy atom. The van der Waals surface area contributed by atoms with Crippen LogP contribution in [0, 0.1) is 11.3 Å². The van der Waals surface area contributed by atoms with Gasteiger partial charge in [0.25, 0.3) is 0 Å². The van der Waals surface area contributed by atoms with Crippen LogP contribution in [0.5, 0.6) is 11.5 Å². The van der Waals surface area contributed by atoms with E-state index in [2.05, 4.69) is 41.3 Å². The van der Waals surface area contributed by atoms with Crippen molar-refractivity contribution in [2.45, 2.75) is 33.3 Å². The van der Waals surface area contributed by atoms with Crippen molar-refractivity contribution in [2.75, 3.05) is 11.9 Å². The molecule has 2 heterocycles. The number of fused-ring (bicyclic) bond motifs is 1. The van der Waals surface area contributed by atoms with Crippen molar-refractivity contribution in [3.63, 3.8) is 0 Å². The molecule has 0 radical (unpaired) electrons. The van der Waals surface area contributed by atoms with Gasteiger partial charge < -0.3 is 14.8 Å². The van der Waals surface area contributed by atoms with Crippen molar-refractivity contribution in [3.05, 3.63) is 82.8 Å². The Bertz CT molecular complexity index is 1350. The highest BCUT2D eigenvalue weighted by Crippen LogP contribution is 2.37. The molecule has 6 nitrogen and oxygen atoms in total. The van der Waals surface area contributed by atoms with Crippen LogP contribution in [0.15, 0.2) is 60.9 Å². The number of ether oxygens (including phenoxy) is 2. The standard InChI is InChI=1S/C27H25ClN4O2/c1-4-33-25-12-18(17(2)3)11-22-26(19(14-29)15-31-27(22)25)32-20-8-9-24(23(28)13-20)34-16-21-7-5-6-10-30-21/h5-13,15,17H,4,16H2,1-3H3,(H,31,32). The smallest absolute Gasteiger partial charge is 0.145 e. The Kier molecular flexibility index (Phi) is 7.15. The second kappa shape index (κ2) is 10.4. The van der Waals surface area contributed by atoms with Gasteiger partial charge in [-0.15, -0.1) is 0 Å². The van der Waals surface area contributed by atoms with Crippen LogP contribution in [0.3, 0.4) is 0 Å². The number of rotatable bonds is 8. The minimum Gasteiger partial charge on any atom is -0.492 e. The average Bonchev–Trinajstić information content (AvgIpc) is 2.84. The quantitative estimate of drug-likeness (QED) is 0.297. The van der Waals surface area contributed by atoms with Gasteiger partial charge in [-0.1, -0.05) is 31.5 Å². The summed E-state index contributed by atoms with van der Waals surface area (Å²) in [7, 11) is 0. The van der Waals surface area contributed by atoms with Gasteiger partial charge in [0, 0.05) is 23.5 Å². The Balaban J connectivity index is 1.69. The molecule has 0 atom stereocenters. The Hall–Kier alpha value is -3.82. The molecule has 4 aromatic rings. The summed E-state index contributed by atoms with van der Waals surface area (Å²) in [5.41, 5.74) is 4.44. The van der Waals surface area contributed by atoms with Crippen molar-refractivity contribution in [1.82, 2.24) is 9.97 Å². The maximum absolute atomic E-state index is 9.77. The second-order valence-electron chi connectivity index (χ2n) is 8.04. The van der Waals surface area contributed by atoms with Gasteiger partial charge in [-0.25, -0.2) is 0 Å². The molecule has 0 spiro atoms. The molecule has 0 amide bonds. The molecule has 2 aromatic heterocycles. The van der Waals surface area contributed by atoms with Gasteiger partial charge in [0.1, 0.15) is 29.7 Å². The van der Waals surface area contributed by atoms with E-state index >= 15 is 0 Å². The molecule has 1 N–H and O–H groups in total. The third kappa shape index (κ3) is 5.05. The minimum atomic E-state index is 0.284. The summed E-state index contributed by atoms with van der Waals surface area (Å²) in [6.45, 7) is 7.02. The van der Waals surface area contributed by atoms with Crippen molar-refractivity contribution in [1.29, 1.82) is 5.26 Å². The lowest BCUT2D eigenvalue weighted by molar-refractivity contribution is 0.301. The van der Waals surface area contributed by atoms with Gasteiger partial charge in [-0.05, 0) is 60.9 Å². The Morgan fingerprint density at radius 3 is 2.59 bits per heavy atom. The van der Waals surface area contributed by atoms with Gasteiger partial charge in [-0.3, -0.25) is 9.97 Å². The first kappa shape index (κ1) is 23.3. The van der Waals surface area contributed by atoms with Crippen LogP contribution in [0.4, 0.5) is 11.4 Å². The maximum atomic E-state index is 9.77. The number of nitrogens with one attached hydrogen (secondary N) is 1. The molecule has 2 aromatic carbocycles. The predicted molar refractivity (Wildman–Crippen MR) is 135 cm³/mol. The summed E-state index contributed by atoms with van der Waals surface area (Å²) < 4.78 is 11.7. The largest absolute Gasteiger partial charge is 0.492 e. The topological polar surface area (TPSA) is 80.1 Å². The van der Waals surface area contributed by atoms with Crippen LogP contribution >= 0.6 is 11.6 Å². The molecular weight excluding hydrogens is 448 g/mol. The molecule has 0 fully saturated rings. The van der Waals surface area contributed by atoms with Crippen LogP contribution in [0.1, 0.15) is 43.5 Å². The number of hydrogen-bond acceptors (Lipinski definition) is 6. The zero-order valence-corrected chi connectivity index (χ0v) is 20.1. The summed E-state index contributed by atoms with van der Waals surface area (Å²) in [4.78, 5) is 8.78. The fraction of sp³-hybridized carbons (Fsp3) is 0.222. The fourth-order valence-electron chi connectivity index (χ4n) is 3.59. The minimum absolute atomic E-state index is 0.284. The van der Waals surface area contributed by atoms with E-state index in [1.54, 1.807) is 24.5 Å². The first-order chi connectivity index (χ1) is 16.5. The lowest BCUT2D eigenvalue weighted by Gasteiger charge is -2.17. The number of benzene rings is 2. The molecule has 34 heavy (non-hydrogen) atoms. The summed E-state index contributed by atoms with van der Waals surface area (Å²) in [5.74, 6) is 1.54. The number of anilines is 2. The van der Waals surface area contributed by atoms with E-state index in [-0.39, 0.29) is 5.92 Å². The summed E-state index contributed by atoms with van der Waals surface area (Å²) in [6.07, 6.45) is 3.29. The molecule has 7 heteroatoms. The van der Waals surface area contributed by atoms with E-state index in [0.29, 0.717) is 46.5 Å². The van der Waals surface area contributed by atoms with Gasteiger partial charge in [0.15, 0.2) is 0 Å². The van der Waals surface area contributed by atoms with Crippen LogP contribution in [-0.2, 0) is 6.61 Å². The summed E-state index contributed by atoms with van der Waals surface area (Å²) in [6, 6.07) is 17.4. The van der Waals surface area contributed by atoms with Gasteiger partial charge in [0.05, 0.1) is 28.6 Å². The van der Waals surface area contributed by atoms with Gasteiger partial charge >= 0.3 is 0 Å². The van der Waals surface area contributed by atoms with Gasteiger partial charge in [-0.2, -0.15) is 5.26 Å². The number of halogens is 1. The van der Waals surface area contributed by atoms with Crippen LogP contribution in [-0.4, -0.2) is 16.6 Å². The van der Waals surface area contributed by atoms with E-state index < -0.39 is 0 Å². The molecule has 0 bridgehead atoms. The number of pyridine rings is 2. The van der Waals surface area contributed by atoms with Crippen molar-refractivity contribution in [3.8, 4) is 17.6 Å². The highest BCUT2D eigenvalue weighted by molar-refractivity contribution is 6.32. The average molecular weight is 473 g/mol. The lowest BCUT2D eigenvalue weighted by Crippen LogP contribution is -2.02. The van der Waals surface area contributed by atoms with Crippen LogP contribution < -0.4 is 14.8 Å². The Morgan fingerprint density at radius 2 is 1.91 bits per heavy atom. The molecule has 0 saturated heterocycles. The fourth-order valence-corrected chi connectivity index (χ4v) is 3.82. The summed E-state index contributed by atoms with van der Waals surface area (Å²) >= 11 is 6.50. The van der Waals surface area contributed by atoms with Crippen molar-refractivity contribution in [2.24, 2.45) is 0 Å². The third-order valence-electron chi connectivity index (χ3n) is 5.35. The van der Waals surface area contributed by atoms with E-state index in [1.807, 2.05) is 37.3 Å². The highest BCUT2D eigenvalue weighted by Gasteiger charge is 2.16. The number of nitrogens with zero attached hydrogens (tertiary/aromatic N) is 3. The molecule has 4 rings (SSSR count).